The van der Waals surface area contributed by atoms with E-state index in [1.165, 1.54) is 6.07 Å². The second-order valence-corrected chi connectivity index (χ2v) is 3.62. The van der Waals surface area contributed by atoms with Crippen LogP contribution in [0.4, 0.5) is 0 Å². The maximum Gasteiger partial charge on any atom is 0.372 e. The minimum atomic E-state index is -1.31. The Morgan fingerprint density at radius 2 is 1.83 bits per heavy atom. The Labute approximate surface area is 102 Å². The first kappa shape index (κ1) is 12.1. The van der Waals surface area contributed by atoms with Gasteiger partial charge in [-0.3, -0.25) is 4.79 Å². The van der Waals surface area contributed by atoms with Crippen molar-refractivity contribution in [1.29, 1.82) is 0 Å². The summed E-state index contributed by atoms with van der Waals surface area (Å²) >= 11 is 0. The van der Waals surface area contributed by atoms with Gasteiger partial charge in [0.2, 0.25) is 11.5 Å². The van der Waals surface area contributed by atoms with Crippen molar-refractivity contribution in [2.24, 2.45) is 0 Å². The van der Waals surface area contributed by atoms with Crippen LogP contribution < -0.4 is 0 Å². The molecular weight excluding hydrogens is 236 g/mol. The van der Waals surface area contributed by atoms with Crippen molar-refractivity contribution >= 4 is 11.8 Å². The number of carbonyl (C=O) groups excluding carboxylic acids is 1. The van der Waals surface area contributed by atoms with Crippen molar-refractivity contribution in [3.05, 3.63) is 59.0 Å². The van der Waals surface area contributed by atoms with Crippen molar-refractivity contribution in [1.82, 2.24) is 0 Å². The molecule has 1 heterocycles. The van der Waals surface area contributed by atoms with Gasteiger partial charge in [-0.2, -0.15) is 0 Å². The van der Waals surface area contributed by atoms with Gasteiger partial charge in [0.15, 0.2) is 5.76 Å². The number of furan rings is 1. The lowest BCUT2D eigenvalue weighted by molar-refractivity contribution is 0.0655. The molecule has 1 aromatic heterocycles. The number of carbonyl (C=O) groups is 2. The van der Waals surface area contributed by atoms with E-state index in [2.05, 4.69) is 0 Å². The summed E-state index contributed by atoms with van der Waals surface area (Å²) < 4.78 is 4.97. The van der Waals surface area contributed by atoms with Crippen molar-refractivity contribution in [2.75, 3.05) is 0 Å². The van der Waals surface area contributed by atoms with Crippen LogP contribution in [-0.4, -0.2) is 22.0 Å². The van der Waals surface area contributed by atoms with Crippen molar-refractivity contribution < 1.29 is 24.2 Å². The summed E-state index contributed by atoms with van der Waals surface area (Å²) in [7, 11) is 0. The number of aliphatic hydroxyl groups is 1. The van der Waals surface area contributed by atoms with E-state index in [-0.39, 0.29) is 11.3 Å². The first-order chi connectivity index (χ1) is 8.63. The zero-order valence-corrected chi connectivity index (χ0v) is 9.29. The first-order valence-electron chi connectivity index (χ1n) is 5.20. The van der Waals surface area contributed by atoms with E-state index < -0.39 is 24.1 Å². The molecule has 92 valence electrons. The fourth-order valence-corrected chi connectivity index (χ4v) is 1.57. The van der Waals surface area contributed by atoms with Gasteiger partial charge in [-0.1, -0.05) is 30.3 Å². The summed E-state index contributed by atoms with van der Waals surface area (Å²) in [5.74, 6) is -2.23. The Morgan fingerprint density at radius 1 is 1.17 bits per heavy atom. The minimum absolute atomic E-state index is 0.0850. The number of aromatic carboxylic acids is 1. The second kappa shape index (κ2) is 4.85. The average molecular weight is 246 g/mol. The number of carboxylic acid groups (broad SMARTS) is 1. The molecule has 1 aromatic carbocycles. The zero-order chi connectivity index (χ0) is 13.1. The minimum Gasteiger partial charge on any atom is -0.475 e. The normalized spacial score (nSPS) is 10.3. The molecule has 0 aliphatic rings. The van der Waals surface area contributed by atoms with Gasteiger partial charge >= 0.3 is 5.97 Å². The summed E-state index contributed by atoms with van der Waals surface area (Å²) in [4.78, 5) is 22.8. The van der Waals surface area contributed by atoms with Gasteiger partial charge in [0, 0.05) is 11.1 Å². The summed E-state index contributed by atoms with van der Waals surface area (Å²) in [6, 6.07) is 9.61. The number of ketones is 1. The van der Waals surface area contributed by atoms with Crippen molar-refractivity contribution in [3.63, 3.8) is 0 Å². The van der Waals surface area contributed by atoms with E-state index in [9.17, 15) is 9.59 Å². The largest absolute Gasteiger partial charge is 0.475 e. The number of rotatable bonds is 4. The molecule has 0 aliphatic carbocycles. The Morgan fingerprint density at radius 3 is 2.33 bits per heavy atom. The number of aliphatic hydroxyl groups excluding tert-OH is 1. The van der Waals surface area contributed by atoms with E-state index in [1.54, 1.807) is 30.3 Å². The summed E-state index contributed by atoms with van der Waals surface area (Å²) in [6.07, 6.45) is 0. The molecule has 18 heavy (non-hydrogen) atoms. The smallest absolute Gasteiger partial charge is 0.372 e. The van der Waals surface area contributed by atoms with Crippen LogP contribution in [-0.2, 0) is 6.61 Å². The molecule has 0 aliphatic heterocycles. The highest BCUT2D eigenvalue weighted by Crippen LogP contribution is 2.19. The topological polar surface area (TPSA) is 87.7 Å². The maximum atomic E-state index is 12.0. The lowest BCUT2D eigenvalue weighted by Crippen LogP contribution is -1.99. The molecule has 5 nitrogen and oxygen atoms in total. The number of benzene rings is 1. The predicted molar refractivity (Wildman–Crippen MR) is 61.5 cm³/mol. The average Bonchev–Trinajstić information content (AvgIpc) is 2.83. The third-order valence-corrected chi connectivity index (χ3v) is 2.43. The van der Waals surface area contributed by atoms with Crippen LogP contribution in [0.1, 0.15) is 32.2 Å². The molecular formula is C13H10O5. The SMILES string of the molecule is O=C(c1ccccc1)c1cc(CO)c(C(=O)O)o1. The third kappa shape index (κ3) is 2.16. The number of hydrogen-bond donors (Lipinski definition) is 2. The van der Waals surface area contributed by atoms with E-state index >= 15 is 0 Å². The molecule has 0 saturated carbocycles. The molecule has 0 saturated heterocycles. The van der Waals surface area contributed by atoms with Crippen molar-refractivity contribution in [2.45, 2.75) is 6.61 Å². The molecule has 2 aromatic rings. The van der Waals surface area contributed by atoms with Crippen LogP contribution in [0.2, 0.25) is 0 Å². The van der Waals surface area contributed by atoms with Gasteiger partial charge in [-0.05, 0) is 6.07 Å². The highest BCUT2D eigenvalue weighted by atomic mass is 16.4. The Hall–Kier alpha value is -2.40. The van der Waals surface area contributed by atoms with Gasteiger partial charge in [-0.25, -0.2) is 4.79 Å². The maximum absolute atomic E-state index is 12.0. The van der Waals surface area contributed by atoms with Crippen LogP contribution in [0.3, 0.4) is 0 Å². The molecule has 0 spiro atoms. The molecule has 0 amide bonds. The van der Waals surface area contributed by atoms with E-state index in [4.69, 9.17) is 14.6 Å². The predicted octanol–water partition coefficient (Wildman–Crippen LogP) is 1.70. The lowest BCUT2D eigenvalue weighted by atomic mass is 10.1. The lowest BCUT2D eigenvalue weighted by Gasteiger charge is -1.95. The van der Waals surface area contributed by atoms with Crippen LogP contribution >= 0.6 is 0 Å². The van der Waals surface area contributed by atoms with E-state index in [0.29, 0.717) is 5.56 Å². The summed E-state index contributed by atoms with van der Waals surface area (Å²) in [5, 5.41) is 17.8. The van der Waals surface area contributed by atoms with Gasteiger partial charge < -0.3 is 14.6 Å². The fraction of sp³-hybridized carbons (Fsp3) is 0.0769. The molecule has 0 radical (unpaired) electrons. The molecule has 2 N–H and O–H groups in total. The van der Waals surface area contributed by atoms with Crippen LogP contribution in [0.15, 0.2) is 40.8 Å². The van der Waals surface area contributed by atoms with Gasteiger partial charge in [0.1, 0.15) is 0 Å². The van der Waals surface area contributed by atoms with E-state index in [1.807, 2.05) is 0 Å². The molecule has 5 heteroatoms. The molecule has 0 unspecified atom stereocenters. The van der Waals surface area contributed by atoms with Gasteiger partial charge in [-0.15, -0.1) is 0 Å². The van der Waals surface area contributed by atoms with Crippen LogP contribution in [0, 0.1) is 0 Å². The van der Waals surface area contributed by atoms with Gasteiger partial charge in [0.05, 0.1) is 6.61 Å². The third-order valence-electron chi connectivity index (χ3n) is 2.43. The first-order valence-corrected chi connectivity index (χ1v) is 5.20. The second-order valence-electron chi connectivity index (χ2n) is 3.62. The molecule has 0 fully saturated rings. The molecule has 0 bridgehead atoms. The van der Waals surface area contributed by atoms with E-state index in [0.717, 1.165) is 0 Å². The monoisotopic (exact) mass is 246 g/mol. The number of carboxylic acids is 1. The quantitative estimate of drug-likeness (QED) is 0.801. The molecule has 0 atom stereocenters. The van der Waals surface area contributed by atoms with Gasteiger partial charge in [0.25, 0.3) is 0 Å². The zero-order valence-electron chi connectivity index (χ0n) is 9.29. The Bertz CT molecular complexity index is 583. The fourth-order valence-electron chi connectivity index (χ4n) is 1.57. The Balaban J connectivity index is 2.41. The highest BCUT2D eigenvalue weighted by Gasteiger charge is 2.21. The van der Waals surface area contributed by atoms with Crippen molar-refractivity contribution in [3.8, 4) is 0 Å². The molecule has 2 rings (SSSR count). The number of hydrogen-bond acceptors (Lipinski definition) is 4. The van der Waals surface area contributed by atoms with Crippen LogP contribution in [0.5, 0.6) is 0 Å². The standard InChI is InChI=1S/C13H10O5/c14-7-9-6-10(18-12(9)13(16)17)11(15)8-4-2-1-3-5-8/h1-6,14H,7H2,(H,16,17). The Kier molecular flexibility index (Phi) is 3.25. The highest BCUT2D eigenvalue weighted by molar-refractivity contribution is 6.07. The summed E-state index contributed by atoms with van der Waals surface area (Å²) in [6.45, 7) is -0.493. The van der Waals surface area contributed by atoms with Crippen LogP contribution in [0.25, 0.3) is 0 Å². The summed E-state index contributed by atoms with van der Waals surface area (Å²) in [5.41, 5.74) is 0.481.